The van der Waals surface area contributed by atoms with Crippen LogP contribution in [0, 0.1) is 6.92 Å². The van der Waals surface area contributed by atoms with Crippen molar-refractivity contribution in [2.45, 2.75) is 19.9 Å². The van der Waals surface area contributed by atoms with E-state index in [0.29, 0.717) is 37.8 Å². The van der Waals surface area contributed by atoms with Crippen LogP contribution in [0.25, 0.3) is 0 Å². The molecule has 0 aliphatic carbocycles. The van der Waals surface area contributed by atoms with Crippen LogP contribution in [0.15, 0.2) is 10.5 Å². The van der Waals surface area contributed by atoms with Gasteiger partial charge < -0.3 is 24.5 Å². The summed E-state index contributed by atoms with van der Waals surface area (Å²) in [7, 11) is 0. The average molecular weight is 282 g/mol. The third-order valence-electron chi connectivity index (χ3n) is 3.12. The molecule has 2 amide bonds. The van der Waals surface area contributed by atoms with Crippen LogP contribution < -0.4 is 5.32 Å². The molecular weight excluding hydrogens is 264 g/mol. The first kappa shape index (κ1) is 14.4. The number of aromatic carboxylic acids is 1. The first-order valence-electron chi connectivity index (χ1n) is 6.51. The molecule has 1 aliphatic rings. The lowest BCUT2D eigenvalue weighted by Crippen LogP contribution is -2.40. The van der Waals surface area contributed by atoms with E-state index in [2.05, 4.69) is 5.32 Å². The fraction of sp³-hybridized carbons (Fsp3) is 0.538. The Balaban J connectivity index is 1.89. The summed E-state index contributed by atoms with van der Waals surface area (Å²) in [5, 5.41) is 11.6. The maximum absolute atomic E-state index is 12.0. The minimum absolute atomic E-state index is 0.123. The molecule has 2 heterocycles. The molecule has 0 spiro atoms. The van der Waals surface area contributed by atoms with Gasteiger partial charge in [-0.25, -0.2) is 9.59 Å². The lowest BCUT2D eigenvalue weighted by atomic mass is 10.2. The molecule has 1 aliphatic heterocycles. The first-order chi connectivity index (χ1) is 9.58. The van der Waals surface area contributed by atoms with Gasteiger partial charge in [-0.1, -0.05) is 0 Å². The van der Waals surface area contributed by atoms with Gasteiger partial charge >= 0.3 is 12.0 Å². The van der Waals surface area contributed by atoms with Crippen molar-refractivity contribution in [3.05, 3.63) is 23.2 Å². The number of furan rings is 1. The molecule has 7 heteroatoms. The zero-order valence-corrected chi connectivity index (χ0v) is 11.3. The number of carbonyl (C=O) groups excluding carboxylic acids is 1. The summed E-state index contributed by atoms with van der Waals surface area (Å²) in [5.74, 6) is -0.266. The lowest BCUT2D eigenvalue weighted by molar-refractivity contribution is 0.0695. The molecule has 0 saturated carbocycles. The lowest BCUT2D eigenvalue weighted by Gasteiger charge is -2.19. The molecule has 7 nitrogen and oxygen atoms in total. The minimum atomic E-state index is -1.03. The molecule has 1 aromatic heterocycles. The predicted octanol–water partition coefficient (Wildman–Crippen LogP) is 1.22. The van der Waals surface area contributed by atoms with Crippen LogP contribution >= 0.6 is 0 Å². The molecule has 0 radical (unpaired) electrons. The summed E-state index contributed by atoms with van der Waals surface area (Å²) >= 11 is 0. The molecule has 20 heavy (non-hydrogen) atoms. The van der Waals surface area contributed by atoms with Crippen LogP contribution in [0.2, 0.25) is 0 Å². The summed E-state index contributed by atoms with van der Waals surface area (Å²) in [4.78, 5) is 24.5. The fourth-order valence-corrected chi connectivity index (χ4v) is 2.07. The Hall–Kier alpha value is -2.02. The SMILES string of the molecule is Cc1oc(CNC(=O)N2CCCOCC2)cc1C(=O)O. The number of urea groups is 1. The van der Waals surface area contributed by atoms with Gasteiger partial charge in [0.25, 0.3) is 0 Å². The Kier molecular flexibility index (Phi) is 4.62. The van der Waals surface area contributed by atoms with Crippen LogP contribution in [-0.4, -0.2) is 48.3 Å². The molecule has 0 unspecified atom stereocenters. The number of carboxylic acids is 1. The predicted molar refractivity (Wildman–Crippen MR) is 69.6 cm³/mol. The number of rotatable bonds is 3. The van der Waals surface area contributed by atoms with Gasteiger partial charge in [-0.05, 0) is 19.4 Å². The Morgan fingerprint density at radius 1 is 1.40 bits per heavy atom. The zero-order chi connectivity index (χ0) is 14.5. The number of hydrogen-bond donors (Lipinski definition) is 2. The largest absolute Gasteiger partial charge is 0.478 e. The van der Waals surface area contributed by atoms with E-state index in [1.54, 1.807) is 11.8 Å². The van der Waals surface area contributed by atoms with Crippen LogP contribution in [0.3, 0.4) is 0 Å². The molecule has 1 saturated heterocycles. The summed E-state index contributed by atoms with van der Waals surface area (Å²) in [5.41, 5.74) is 0.123. The maximum Gasteiger partial charge on any atom is 0.339 e. The van der Waals surface area contributed by atoms with Gasteiger partial charge in [-0.2, -0.15) is 0 Å². The number of amides is 2. The molecule has 2 rings (SSSR count). The minimum Gasteiger partial charge on any atom is -0.478 e. The van der Waals surface area contributed by atoms with Crippen LogP contribution in [0.1, 0.15) is 28.3 Å². The Morgan fingerprint density at radius 2 is 2.20 bits per heavy atom. The van der Waals surface area contributed by atoms with Crippen molar-refractivity contribution in [2.24, 2.45) is 0 Å². The topological polar surface area (TPSA) is 92.0 Å². The zero-order valence-electron chi connectivity index (χ0n) is 11.3. The Labute approximate surface area is 116 Å². The monoisotopic (exact) mass is 282 g/mol. The second-order valence-corrected chi connectivity index (χ2v) is 4.60. The van der Waals surface area contributed by atoms with Crippen molar-refractivity contribution in [1.29, 1.82) is 0 Å². The molecule has 110 valence electrons. The van der Waals surface area contributed by atoms with Gasteiger partial charge in [0.1, 0.15) is 17.1 Å². The van der Waals surface area contributed by atoms with E-state index < -0.39 is 5.97 Å². The summed E-state index contributed by atoms with van der Waals surface area (Å²) < 4.78 is 10.6. The van der Waals surface area contributed by atoms with Gasteiger partial charge in [-0.15, -0.1) is 0 Å². The van der Waals surface area contributed by atoms with Gasteiger partial charge in [0.15, 0.2) is 0 Å². The maximum atomic E-state index is 12.0. The summed E-state index contributed by atoms with van der Waals surface area (Å²) in [6.45, 7) is 4.18. The fourth-order valence-electron chi connectivity index (χ4n) is 2.07. The van der Waals surface area contributed by atoms with Gasteiger partial charge in [0, 0.05) is 19.7 Å². The first-order valence-corrected chi connectivity index (χ1v) is 6.51. The second kappa shape index (κ2) is 6.42. The highest BCUT2D eigenvalue weighted by molar-refractivity contribution is 5.88. The standard InChI is InChI=1S/C13H18N2O5/c1-9-11(12(16)17)7-10(20-9)8-14-13(18)15-3-2-5-19-6-4-15/h7H,2-6,8H2,1H3,(H,14,18)(H,16,17). The normalized spacial score (nSPS) is 15.8. The van der Waals surface area contributed by atoms with E-state index >= 15 is 0 Å². The molecule has 0 bridgehead atoms. The van der Waals surface area contributed by atoms with E-state index in [1.165, 1.54) is 6.07 Å². The quantitative estimate of drug-likeness (QED) is 0.869. The van der Waals surface area contributed by atoms with Crippen molar-refractivity contribution >= 4 is 12.0 Å². The van der Waals surface area contributed by atoms with E-state index in [9.17, 15) is 9.59 Å². The molecule has 0 atom stereocenters. The summed E-state index contributed by atoms with van der Waals surface area (Å²) in [6.07, 6.45) is 0.816. The highest BCUT2D eigenvalue weighted by Crippen LogP contribution is 2.14. The second-order valence-electron chi connectivity index (χ2n) is 4.60. The molecule has 1 fully saturated rings. The summed E-state index contributed by atoms with van der Waals surface area (Å²) in [6, 6.07) is 1.24. The number of nitrogens with zero attached hydrogens (tertiary/aromatic N) is 1. The number of ether oxygens (including phenoxy) is 1. The van der Waals surface area contributed by atoms with Gasteiger partial charge in [0.05, 0.1) is 13.2 Å². The molecule has 0 aromatic carbocycles. The molecule has 1 aromatic rings. The van der Waals surface area contributed by atoms with Crippen LogP contribution in [0.5, 0.6) is 0 Å². The molecular formula is C13H18N2O5. The van der Waals surface area contributed by atoms with Crippen molar-refractivity contribution in [1.82, 2.24) is 10.2 Å². The average Bonchev–Trinajstić information content (AvgIpc) is 2.64. The number of carboxylic acid groups (broad SMARTS) is 1. The Bertz CT molecular complexity index is 489. The van der Waals surface area contributed by atoms with Gasteiger partial charge in [0.2, 0.25) is 0 Å². The van der Waals surface area contributed by atoms with Crippen LogP contribution in [-0.2, 0) is 11.3 Å². The highest BCUT2D eigenvalue weighted by Gasteiger charge is 2.17. The van der Waals surface area contributed by atoms with Gasteiger partial charge in [-0.3, -0.25) is 0 Å². The number of nitrogens with one attached hydrogen (secondary N) is 1. The van der Waals surface area contributed by atoms with E-state index in [1.807, 2.05) is 0 Å². The highest BCUT2D eigenvalue weighted by atomic mass is 16.5. The van der Waals surface area contributed by atoms with Crippen molar-refractivity contribution in [3.63, 3.8) is 0 Å². The van der Waals surface area contributed by atoms with Crippen molar-refractivity contribution in [3.8, 4) is 0 Å². The van der Waals surface area contributed by atoms with Crippen molar-refractivity contribution in [2.75, 3.05) is 26.3 Å². The van der Waals surface area contributed by atoms with E-state index in [0.717, 1.165) is 6.42 Å². The number of hydrogen-bond acceptors (Lipinski definition) is 4. The number of aryl methyl sites for hydroxylation is 1. The third kappa shape index (κ3) is 3.51. The van der Waals surface area contributed by atoms with E-state index in [-0.39, 0.29) is 18.1 Å². The number of carbonyl (C=O) groups is 2. The smallest absolute Gasteiger partial charge is 0.339 e. The van der Waals surface area contributed by atoms with Crippen molar-refractivity contribution < 1.29 is 23.8 Å². The third-order valence-corrected chi connectivity index (χ3v) is 3.12. The van der Waals surface area contributed by atoms with Crippen LogP contribution in [0.4, 0.5) is 4.79 Å². The van der Waals surface area contributed by atoms with E-state index in [4.69, 9.17) is 14.3 Å². The Morgan fingerprint density at radius 3 is 2.90 bits per heavy atom. The molecule has 2 N–H and O–H groups in total.